The van der Waals surface area contributed by atoms with E-state index in [0.29, 0.717) is 24.2 Å². The number of rotatable bonds is 5. The van der Waals surface area contributed by atoms with Crippen molar-refractivity contribution in [2.75, 3.05) is 19.7 Å². The van der Waals surface area contributed by atoms with Crippen LogP contribution in [-0.2, 0) is 0 Å². The molecule has 0 saturated carbocycles. The zero-order valence-electron chi connectivity index (χ0n) is 10.3. The number of aromatic hydroxyl groups is 1. The zero-order chi connectivity index (χ0) is 12.8. The number of aryl methyl sites for hydroxylation is 1. The molecule has 4 heteroatoms. The Kier molecular flexibility index (Phi) is 4.97. The summed E-state index contributed by atoms with van der Waals surface area (Å²) >= 11 is 0. The molecule has 0 aliphatic rings. The number of phenolic OH excluding ortho intramolecular Hbond substituents is 1. The van der Waals surface area contributed by atoms with Crippen molar-refractivity contribution in [2.45, 2.75) is 20.3 Å². The fourth-order valence-electron chi connectivity index (χ4n) is 1.71. The molecular formula is C13H19NO3. The lowest BCUT2D eigenvalue weighted by Gasteiger charge is -2.21. The highest BCUT2D eigenvalue weighted by Gasteiger charge is 2.18. The summed E-state index contributed by atoms with van der Waals surface area (Å²) in [7, 11) is 0. The molecule has 0 heterocycles. The highest BCUT2D eigenvalue weighted by molar-refractivity contribution is 5.97. The first-order valence-corrected chi connectivity index (χ1v) is 5.80. The quantitative estimate of drug-likeness (QED) is 0.816. The lowest BCUT2D eigenvalue weighted by molar-refractivity contribution is 0.0719. The number of hydrogen-bond acceptors (Lipinski definition) is 3. The van der Waals surface area contributed by atoms with Crippen LogP contribution in [0.1, 0.15) is 29.3 Å². The van der Waals surface area contributed by atoms with E-state index in [-0.39, 0.29) is 18.3 Å². The van der Waals surface area contributed by atoms with Crippen LogP contribution in [0.4, 0.5) is 0 Å². The molecule has 0 unspecified atom stereocenters. The molecule has 17 heavy (non-hydrogen) atoms. The average Bonchev–Trinajstić information content (AvgIpc) is 2.31. The minimum Gasteiger partial charge on any atom is -0.507 e. The second-order valence-corrected chi connectivity index (χ2v) is 3.99. The molecule has 0 aromatic heterocycles. The van der Waals surface area contributed by atoms with Crippen LogP contribution in [0.5, 0.6) is 5.75 Å². The van der Waals surface area contributed by atoms with Gasteiger partial charge in [-0.05, 0) is 25.0 Å². The first-order chi connectivity index (χ1) is 8.11. The molecule has 1 aromatic carbocycles. The number of aliphatic hydroxyl groups is 1. The Labute approximate surface area is 101 Å². The topological polar surface area (TPSA) is 60.8 Å². The maximum atomic E-state index is 12.2. The molecule has 0 saturated heterocycles. The van der Waals surface area contributed by atoms with Crippen molar-refractivity contribution in [3.05, 3.63) is 29.3 Å². The van der Waals surface area contributed by atoms with Gasteiger partial charge in [0.15, 0.2) is 0 Å². The van der Waals surface area contributed by atoms with Crippen LogP contribution < -0.4 is 0 Å². The van der Waals surface area contributed by atoms with E-state index in [1.165, 1.54) is 0 Å². The Morgan fingerprint density at radius 2 is 2.06 bits per heavy atom. The number of para-hydroxylation sites is 1. The number of amides is 1. The van der Waals surface area contributed by atoms with Gasteiger partial charge in [0.1, 0.15) is 5.75 Å². The minimum atomic E-state index is -0.234. The Balaban J connectivity index is 2.96. The monoisotopic (exact) mass is 237 g/mol. The maximum Gasteiger partial charge on any atom is 0.257 e. The predicted octanol–water partition coefficient (Wildman–Crippen LogP) is 1.55. The number of aliphatic hydroxyl groups excluding tert-OH is 1. The third-order valence-electron chi connectivity index (χ3n) is 2.62. The van der Waals surface area contributed by atoms with Gasteiger partial charge in [-0.1, -0.05) is 19.1 Å². The van der Waals surface area contributed by atoms with Crippen molar-refractivity contribution >= 4 is 5.91 Å². The molecule has 2 N–H and O–H groups in total. The summed E-state index contributed by atoms with van der Waals surface area (Å²) in [6, 6.07) is 5.10. The normalized spacial score (nSPS) is 10.3. The maximum absolute atomic E-state index is 12.2. The predicted molar refractivity (Wildman–Crippen MR) is 66.1 cm³/mol. The lowest BCUT2D eigenvalue weighted by Crippen LogP contribution is -2.34. The average molecular weight is 237 g/mol. The molecule has 0 aliphatic heterocycles. The van der Waals surface area contributed by atoms with E-state index in [9.17, 15) is 9.90 Å². The molecule has 0 bridgehead atoms. The van der Waals surface area contributed by atoms with E-state index in [1.807, 2.05) is 6.92 Å². The number of carbonyl (C=O) groups excluding carboxylic acids is 1. The number of carbonyl (C=O) groups is 1. The van der Waals surface area contributed by atoms with Gasteiger partial charge in [0, 0.05) is 13.1 Å². The minimum absolute atomic E-state index is 0.0246. The van der Waals surface area contributed by atoms with Crippen LogP contribution in [0.25, 0.3) is 0 Å². The molecule has 1 aromatic rings. The molecule has 94 valence electrons. The summed E-state index contributed by atoms with van der Waals surface area (Å²) in [5.41, 5.74) is 0.975. The Morgan fingerprint density at radius 1 is 1.35 bits per heavy atom. The largest absolute Gasteiger partial charge is 0.507 e. The van der Waals surface area contributed by atoms with Crippen LogP contribution in [0.2, 0.25) is 0 Å². The molecule has 0 atom stereocenters. The van der Waals surface area contributed by atoms with E-state index < -0.39 is 0 Å². The molecule has 0 spiro atoms. The number of benzene rings is 1. The van der Waals surface area contributed by atoms with Crippen molar-refractivity contribution in [3.8, 4) is 5.75 Å². The van der Waals surface area contributed by atoms with Gasteiger partial charge in [0.2, 0.25) is 0 Å². The van der Waals surface area contributed by atoms with E-state index in [2.05, 4.69) is 0 Å². The van der Waals surface area contributed by atoms with E-state index in [4.69, 9.17) is 5.11 Å². The molecule has 1 rings (SSSR count). The summed E-state index contributed by atoms with van der Waals surface area (Å²) in [6.45, 7) is 4.52. The zero-order valence-corrected chi connectivity index (χ0v) is 10.3. The molecule has 4 nitrogen and oxygen atoms in total. The summed E-state index contributed by atoms with van der Waals surface area (Å²) in [5, 5.41) is 18.8. The van der Waals surface area contributed by atoms with Gasteiger partial charge in [-0.15, -0.1) is 0 Å². The van der Waals surface area contributed by atoms with Crippen molar-refractivity contribution in [2.24, 2.45) is 0 Å². The summed E-state index contributed by atoms with van der Waals surface area (Å²) in [5.74, 6) is -0.210. The molecular weight excluding hydrogens is 218 g/mol. The smallest absolute Gasteiger partial charge is 0.257 e. The Bertz CT molecular complexity index is 384. The van der Waals surface area contributed by atoms with Gasteiger partial charge in [0.05, 0.1) is 12.2 Å². The molecule has 1 amide bonds. The van der Waals surface area contributed by atoms with E-state index in [1.54, 1.807) is 30.0 Å². The molecule has 0 aliphatic carbocycles. The Morgan fingerprint density at radius 3 is 2.65 bits per heavy atom. The summed E-state index contributed by atoms with van der Waals surface area (Å²) < 4.78 is 0. The van der Waals surface area contributed by atoms with Crippen LogP contribution in [0, 0.1) is 6.92 Å². The van der Waals surface area contributed by atoms with Crippen LogP contribution in [-0.4, -0.2) is 40.7 Å². The van der Waals surface area contributed by atoms with Crippen molar-refractivity contribution < 1.29 is 15.0 Å². The van der Waals surface area contributed by atoms with Gasteiger partial charge in [-0.25, -0.2) is 0 Å². The van der Waals surface area contributed by atoms with Gasteiger partial charge >= 0.3 is 0 Å². The fourth-order valence-corrected chi connectivity index (χ4v) is 1.71. The lowest BCUT2D eigenvalue weighted by atomic mass is 10.1. The SMILES string of the molecule is CCCN(CCO)C(=O)c1cccc(C)c1O. The van der Waals surface area contributed by atoms with Gasteiger partial charge < -0.3 is 15.1 Å². The van der Waals surface area contributed by atoms with Crippen molar-refractivity contribution in [1.82, 2.24) is 4.90 Å². The second-order valence-electron chi connectivity index (χ2n) is 3.99. The van der Waals surface area contributed by atoms with Gasteiger partial charge in [-0.3, -0.25) is 4.79 Å². The standard InChI is InChI=1S/C13H19NO3/c1-3-7-14(8-9-15)13(17)11-6-4-5-10(2)12(11)16/h4-6,15-16H,3,7-9H2,1-2H3. The first-order valence-electron chi connectivity index (χ1n) is 5.80. The molecule has 0 radical (unpaired) electrons. The van der Waals surface area contributed by atoms with E-state index in [0.717, 1.165) is 6.42 Å². The van der Waals surface area contributed by atoms with Crippen molar-refractivity contribution in [1.29, 1.82) is 0 Å². The highest BCUT2D eigenvalue weighted by Crippen LogP contribution is 2.22. The highest BCUT2D eigenvalue weighted by atomic mass is 16.3. The van der Waals surface area contributed by atoms with Crippen LogP contribution >= 0.6 is 0 Å². The van der Waals surface area contributed by atoms with Crippen LogP contribution in [0.3, 0.4) is 0 Å². The molecule has 0 fully saturated rings. The van der Waals surface area contributed by atoms with E-state index >= 15 is 0 Å². The van der Waals surface area contributed by atoms with Crippen LogP contribution in [0.15, 0.2) is 18.2 Å². The summed E-state index contributed by atoms with van der Waals surface area (Å²) in [6.07, 6.45) is 0.818. The fraction of sp³-hybridized carbons (Fsp3) is 0.462. The third-order valence-corrected chi connectivity index (χ3v) is 2.62. The summed E-state index contributed by atoms with van der Waals surface area (Å²) in [4.78, 5) is 13.7. The number of phenols is 1. The second kappa shape index (κ2) is 6.25. The van der Waals surface area contributed by atoms with Gasteiger partial charge in [-0.2, -0.15) is 0 Å². The first kappa shape index (κ1) is 13.5. The van der Waals surface area contributed by atoms with Crippen molar-refractivity contribution in [3.63, 3.8) is 0 Å². The Hall–Kier alpha value is -1.55. The number of hydrogen-bond donors (Lipinski definition) is 2. The van der Waals surface area contributed by atoms with Gasteiger partial charge in [0.25, 0.3) is 5.91 Å². The number of nitrogens with zero attached hydrogens (tertiary/aromatic N) is 1. The third kappa shape index (κ3) is 3.20.